The molecule has 106 valence electrons. The molecule has 0 aliphatic rings. The van der Waals surface area contributed by atoms with Crippen LogP contribution in [0, 0.1) is 11.6 Å². The first-order valence-electron chi connectivity index (χ1n) is 6.48. The van der Waals surface area contributed by atoms with Gasteiger partial charge in [-0.05, 0) is 48.0 Å². The minimum absolute atomic E-state index is 0.355. The summed E-state index contributed by atoms with van der Waals surface area (Å²) >= 11 is 0. The van der Waals surface area contributed by atoms with Crippen molar-refractivity contribution in [3.63, 3.8) is 0 Å². The fourth-order valence-corrected chi connectivity index (χ4v) is 2.10. The quantitative estimate of drug-likeness (QED) is 0.898. The number of benzene rings is 2. The van der Waals surface area contributed by atoms with Gasteiger partial charge < -0.3 is 10.1 Å². The zero-order valence-corrected chi connectivity index (χ0v) is 11.5. The summed E-state index contributed by atoms with van der Waals surface area (Å²) in [5.41, 5.74) is 2.10. The molecular formula is C16H17F2NO. The topological polar surface area (TPSA) is 21.3 Å². The number of nitrogens with one attached hydrogen (secondary N) is 1. The molecule has 4 heteroatoms. The fourth-order valence-electron chi connectivity index (χ4n) is 2.10. The van der Waals surface area contributed by atoms with Gasteiger partial charge in [0.05, 0.1) is 7.11 Å². The highest BCUT2D eigenvalue weighted by Crippen LogP contribution is 2.33. The van der Waals surface area contributed by atoms with Crippen LogP contribution in [0.4, 0.5) is 8.78 Å². The van der Waals surface area contributed by atoms with Crippen molar-refractivity contribution in [2.45, 2.75) is 13.5 Å². The number of rotatable bonds is 5. The van der Waals surface area contributed by atoms with Gasteiger partial charge in [-0.2, -0.15) is 0 Å². The highest BCUT2D eigenvalue weighted by atomic mass is 19.1. The van der Waals surface area contributed by atoms with E-state index < -0.39 is 0 Å². The molecule has 0 saturated heterocycles. The Morgan fingerprint density at radius 1 is 1.00 bits per heavy atom. The highest BCUT2D eigenvalue weighted by Gasteiger charge is 2.12. The first-order valence-corrected chi connectivity index (χ1v) is 6.48. The Labute approximate surface area is 117 Å². The molecule has 2 aromatic carbocycles. The summed E-state index contributed by atoms with van der Waals surface area (Å²) < 4.78 is 32.3. The summed E-state index contributed by atoms with van der Waals surface area (Å²) in [7, 11) is 1.51. The molecule has 0 spiro atoms. The number of hydrogen-bond acceptors (Lipinski definition) is 2. The van der Waals surface area contributed by atoms with Crippen LogP contribution in [0.3, 0.4) is 0 Å². The van der Waals surface area contributed by atoms with Gasteiger partial charge in [-0.1, -0.05) is 13.0 Å². The van der Waals surface area contributed by atoms with E-state index in [1.54, 1.807) is 12.1 Å². The van der Waals surface area contributed by atoms with Crippen LogP contribution in [0.15, 0.2) is 36.4 Å². The van der Waals surface area contributed by atoms with E-state index >= 15 is 0 Å². The molecular weight excluding hydrogens is 260 g/mol. The monoisotopic (exact) mass is 277 g/mol. The van der Waals surface area contributed by atoms with Crippen molar-refractivity contribution in [2.24, 2.45) is 0 Å². The van der Waals surface area contributed by atoms with Gasteiger partial charge in [-0.15, -0.1) is 0 Å². The van der Waals surface area contributed by atoms with Crippen LogP contribution in [-0.4, -0.2) is 13.7 Å². The third-order valence-electron chi connectivity index (χ3n) is 3.09. The average Bonchev–Trinajstić information content (AvgIpc) is 2.46. The van der Waals surface area contributed by atoms with Crippen LogP contribution < -0.4 is 10.1 Å². The molecule has 0 aliphatic carbocycles. The van der Waals surface area contributed by atoms with Crippen molar-refractivity contribution >= 4 is 0 Å². The zero-order valence-electron chi connectivity index (χ0n) is 11.5. The lowest BCUT2D eigenvalue weighted by molar-refractivity contribution is 0.415. The Morgan fingerprint density at radius 3 is 2.30 bits per heavy atom. The van der Waals surface area contributed by atoms with E-state index in [1.807, 2.05) is 6.92 Å². The third-order valence-corrected chi connectivity index (χ3v) is 3.09. The Morgan fingerprint density at radius 2 is 1.65 bits per heavy atom. The van der Waals surface area contributed by atoms with Crippen LogP contribution in [0.5, 0.6) is 5.75 Å². The van der Waals surface area contributed by atoms with Crippen LogP contribution >= 0.6 is 0 Å². The Bertz CT molecular complexity index is 599. The molecule has 0 saturated carbocycles. The average molecular weight is 277 g/mol. The second kappa shape index (κ2) is 6.48. The normalized spacial score (nSPS) is 10.6. The molecule has 2 rings (SSSR count). The predicted molar refractivity (Wildman–Crippen MR) is 75.7 cm³/mol. The van der Waals surface area contributed by atoms with Gasteiger partial charge in [0.1, 0.15) is 17.4 Å². The minimum atomic E-state index is -0.375. The molecule has 2 aromatic rings. The van der Waals surface area contributed by atoms with Gasteiger partial charge in [-0.3, -0.25) is 0 Å². The van der Waals surface area contributed by atoms with Crippen molar-refractivity contribution in [1.29, 1.82) is 0 Å². The zero-order chi connectivity index (χ0) is 14.5. The van der Waals surface area contributed by atoms with E-state index in [4.69, 9.17) is 4.74 Å². The van der Waals surface area contributed by atoms with Crippen LogP contribution in [-0.2, 0) is 6.54 Å². The lowest BCUT2D eigenvalue weighted by Gasteiger charge is -2.14. The molecule has 0 fully saturated rings. The maximum absolute atomic E-state index is 13.5. The second-order valence-electron chi connectivity index (χ2n) is 4.43. The van der Waals surface area contributed by atoms with E-state index in [0.29, 0.717) is 23.4 Å². The molecule has 0 aliphatic heterocycles. The maximum atomic E-state index is 13.5. The molecule has 20 heavy (non-hydrogen) atoms. The number of halogens is 2. The first kappa shape index (κ1) is 14.5. The van der Waals surface area contributed by atoms with E-state index in [0.717, 1.165) is 12.1 Å². The molecule has 0 amide bonds. The van der Waals surface area contributed by atoms with Gasteiger partial charge >= 0.3 is 0 Å². The molecule has 2 nitrogen and oxygen atoms in total. The summed E-state index contributed by atoms with van der Waals surface area (Å²) in [4.78, 5) is 0. The van der Waals surface area contributed by atoms with E-state index in [-0.39, 0.29) is 11.6 Å². The van der Waals surface area contributed by atoms with Crippen molar-refractivity contribution in [3.05, 3.63) is 53.6 Å². The van der Waals surface area contributed by atoms with Crippen molar-refractivity contribution in [2.75, 3.05) is 13.7 Å². The van der Waals surface area contributed by atoms with Gasteiger partial charge in [0.2, 0.25) is 0 Å². The predicted octanol–water partition coefficient (Wildman–Crippen LogP) is 3.75. The van der Waals surface area contributed by atoms with Gasteiger partial charge in [0, 0.05) is 12.1 Å². The summed E-state index contributed by atoms with van der Waals surface area (Å²) in [6.07, 6.45) is 0. The van der Waals surface area contributed by atoms with Crippen molar-refractivity contribution in [1.82, 2.24) is 5.32 Å². The third kappa shape index (κ3) is 3.14. The molecule has 0 aromatic heterocycles. The molecule has 0 heterocycles. The number of methoxy groups -OCH3 is 1. The number of ether oxygens (including phenoxy) is 1. The van der Waals surface area contributed by atoms with Crippen molar-refractivity contribution < 1.29 is 13.5 Å². The Balaban J connectivity index is 2.55. The van der Waals surface area contributed by atoms with E-state index in [9.17, 15) is 8.78 Å². The molecule has 0 bridgehead atoms. The van der Waals surface area contributed by atoms with Crippen LogP contribution in [0.25, 0.3) is 11.1 Å². The second-order valence-corrected chi connectivity index (χ2v) is 4.43. The summed E-state index contributed by atoms with van der Waals surface area (Å²) in [6.45, 7) is 3.38. The van der Waals surface area contributed by atoms with Crippen molar-refractivity contribution in [3.8, 4) is 16.9 Å². The largest absolute Gasteiger partial charge is 0.496 e. The molecule has 0 radical (unpaired) electrons. The lowest BCUT2D eigenvalue weighted by atomic mass is 9.98. The highest BCUT2D eigenvalue weighted by molar-refractivity contribution is 5.73. The lowest BCUT2D eigenvalue weighted by Crippen LogP contribution is -2.12. The standard InChI is InChI=1S/C16H17F2NO/c1-3-19-10-11-4-5-12(17)8-14(11)15-9-13(18)6-7-16(15)20-2/h4-9,19H,3,10H2,1-2H3. The first-order chi connectivity index (χ1) is 9.65. The molecule has 0 atom stereocenters. The van der Waals surface area contributed by atoms with E-state index in [2.05, 4.69) is 5.32 Å². The Hall–Kier alpha value is -1.94. The molecule has 0 unspecified atom stereocenters. The number of hydrogen-bond donors (Lipinski definition) is 1. The summed E-state index contributed by atoms with van der Waals surface area (Å²) in [5.74, 6) is -0.208. The molecule has 1 N–H and O–H groups in total. The summed E-state index contributed by atoms with van der Waals surface area (Å²) in [6, 6.07) is 8.75. The maximum Gasteiger partial charge on any atom is 0.126 e. The fraction of sp³-hybridized carbons (Fsp3) is 0.250. The van der Waals surface area contributed by atoms with Gasteiger partial charge in [-0.25, -0.2) is 8.78 Å². The van der Waals surface area contributed by atoms with Gasteiger partial charge in [0.25, 0.3) is 0 Å². The van der Waals surface area contributed by atoms with Gasteiger partial charge in [0.15, 0.2) is 0 Å². The Kier molecular flexibility index (Phi) is 4.69. The summed E-state index contributed by atoms with van der Waals surface area (Å²) in [5, 5.41) is 3.19. The SMILES string of the molecule is CCNCc1ccc(F)cc1-c1cc(F)ccc1OC. The smallest absolute Gasteiger partial charge is 0.126 e. The van der Waals surface area contributed by atoms with Crippen LogP contribution in [0.2, 0.25) is 0 Å². The van der Waals surface area contributed by atoms with E-state index in [1.165, 1.54) is 31.4 Å². The minimum Gasteiger partial charge on any atom is -0.496 e. The van der Waals surface area contributed by atoms with Crippen LogP contribution in [0.1, 0.15) is 12.5 Å².